The molecular formula is C14H21BrN2O. The maximum Gasteiger partial charge on any atom is 0.225 e. The van der Waals surface area contributed by atoms with Crippen molar-refractivity contribution in [2.75, 3.05) is 5.32 Å². The Balaban J connectivity index is 2.50. The summed E-state index contributed by atoms with van der Waals surface area (Å²) >= 11 is 3.39. The van der Waals surface area contributed by atoms with Gasteiger partial charge >= 0.3 is 0 Å². The number of rotatable bonds is 4. The minimum atomic E-state index is -0.104. The number of carbonyl (C=O) groups excluding carboxylic acids is 1. The topological polar surface area (TPSA) is 55.1 Å². The lowest BCUT2D eigenvalue weighted by Crippen LogP contribution is -2.31. The molecule has 1 rings (SSSR count). The van der Waals surface area contributed by atoms with Crippen LogP contribution in [-0.4, -0.2) is 11.9 Å². The van der Waals surface area contributed by atoms with Crippen LogP contribution in [0.25, 0.3) is 0 Å². The van der Waals surface area contributed by atoms with Crippen LogP contribution in [0, 0.1) is 5.41 Å². The lowest BCUT2D eigenvalue weighted by atomic mass is 9.87. The summed E-state index contributed by atoms with van der Waals surface area (Å²) in [4.78, 5) is 11.8. The van der Waals surface area contributed by atoms with Crippen molar-refractivity contribution in [3.63, 3.8) is 0 Å². The van der Waals surface area contributed by atoms with Crippen molar-refractivity contribution in [3.05, 3.63) is 28.7 Å². The van der Waals surface area contributed by atoms with Crippen molar-refractivity contribution in [2.24, 2.45) is 11.1 Å². The third-order valence-electron chi connectivity index (χ3n) is 2.47. The van der Waals surface area contributed by atoms with Crippen molar-refractivity contribution in [1.82, 2.24) is 0 Å². The molecule has 4 heteroatoms. The van der Waals surface area contributed by atoms with Gasteiger partial charge in [0.2, 0.25) is 5.91 Å². The molecule has 1 aromatic carbocycles. The van der Waals surface area contributed by atoms with E-state index in [0.29, 0.717) is 6.42 Å². The molecule has 18 heavy (non-hydrogen) atoms. The van der Waals surface area contributed by atoms with Gasteiger partial charge in [0.15, 0.2) is 0 Å². The van der Waals surface area contributed by atoms with Crippen LogP contribution in [0.1, 0.15) is 33.6 Å². The van der Waals surface area contributed by atoms with E-state index in [4.69, 9.17) is 5.73 Å². The van der Waals surface area contributed by atoms with Crippen LogP contribution < -0.4 is 11.1 Å². The largest absolute Gasteiger partial charge is 0.327 e. The molecule has 0 heterocycles. The summed E-state index contributed by atoms with van der Waals surface area (Å²) < 4.78 is 0.878. The number of hydrogen-bond acceptors (Lipinski definition) is 2. The Kier molecular flexibility index (Phi) is 5.35. The fraction of sp³-hybridized carbons (Fsp3) is 0.500. The number of nitrogens with one attached hydrogen (secondary N) is 1. The molecule has 0 saturated carbocycles. The predicted octanol–water partition coefficient (Wildman–Crippen LogP) is 3.54. The molecule has 100 valence electrons. The number of nitrogens with two attached hydrogens (primary N) is 1. The Morgan fingerprint density at radius 2 is 2.00 bits per heavy atom. The molecule has 0 spiro atoms. The minimum absolute atomic E-state index is 0.0429. The molecule has 0 aliphatic rings. The van der Waals surface area contributed by atoms with Crippen LogP contribution in [0.2, 0.25) is 0 Å². The highest BCUT2D eigenvalue weighted by Gasteiger charge is 2.18. The van der Waals surface area contributed by atoms with Gasteiger partial charge in [-0.15, -0.1) is 0 Å². The zero-order valence-corrected chi connectivity index (χ0v) is 12.8. The molecule has 0 fully saturated rings. The van der Waals surface area contributed by atoms with Crippen LogP contribution in [-0.2, 0) is 4.79 Å². The molecule has 0 aliphatic heterocycles. The summed E-state index contributed by atoms with van der Waals surface area (Å²) in [7, 11) is 0. The van der Waals surface area contributed by atoms with Gasteiger partial charge in [-0.1, -0.05) is 32.9 Å². The fourth-order valence-corrected chi connectivity index (χ4v) is 2.24. The highest BCUT2D eigenvalue weighted by Crippen LogP contribution is 2.23. The van der Waals surface area contributed by atoms with Gasteiger partial charge in [-0.05, 0) is 39.9 Å². The van der Waals surface area contributed by atoms with Crippen molar-refractivity contribution in [3.8, 4) is 0 Å². The van der Waals surface area contributed by atoms with Crippen LogP contribution in [0.3, 0.4) is 0 Å². The summed E-state index contributed by atoms with van der Waals surface area (Å²) in [5, 5.41) is 2.86. The average molecular weight is 313 g/mol. The molecule has 0 aliphatic carbocycles. The number of anilines is 1. The van der Waals surface area contributed by atoms with E-state index in [1.165, 1.54) is 0 Å². The second-order valence-corrected chi connectivity index (χ2v) is 6.61. The Hall–Kier alpha value is -0.870. The van der Waals surface area contributed by atoms with Crippen molar-refractivity contribution < 1.29 is 4.79 Å². The number of para-hydroxylation sites is 1. The molecule has 3 N–H and O–H groups in total. The maximum atomic E-state index is 11.8. The molecule has 0 bridgehead atoms. The van der Waals surface area contributed by atoms with Crippen LogP contribution >= 0.6 is 15.9 Å². The Morgan fingerprint density at radius 3 is 2.56 bits per heavy atom. The molecule has 1 amide bonds. The lowest BCUT2D eigenvalue weighted by molar-refractivity contribution is -0.116. The van der Waals surface area contributed by atoms with Gasteiger partial charge in [0.1, 0.15) is 0 Å². The number of hydrogen-bond donors (Lipinski definition) is 2. The Bertz CT molecular complexity index is 413. The third kappa shape index (κ3) is 5.65. The van der Waals surface area contributed by atoms with Gasteiger partial charge in [-0.25, -0.2) is 0 Å². The summed E-state index contributed by atoms with van der Waals surface area (Å²) in [6.45, 7) is 6.37. The second kappa shape index (κ2) is 6.34. The van der Waals surface area contributed by atoms with Gasteiger partial charge in [-0.3, -0.25) is 4.79 Å². The number of halogens is 1. The number of carbonyl (C=O) groups is 1. The smallest absolute Gasteiger partial charge is 0.225 e. The van der Waals surface area contributed by atoms with E-state index in [2.05, 4.69) is 42.0 Å². The van der Waals surface area contributed by atoms with Gasteiger partial charge < -0.3 is 11.1 Å². The first kappa shape index (κ1) is 15.2. The van der Waals surface area contributed by atoms with Gasteiger partial charge in [0.05, 0.1) is 5.69 Å². The molecule has 0 aromatic heterocycles. The number of benzene rings is 1. The highest BCUT2D eigenvalue weighted by atomic mass is 79.9. The SMILES string of the molecule is CC(C)(C)CC(N)CC(=O)Nc1ccccc1Br. The third-order valence-corrected chi connectivity index (χ3v) is 3.16. The Labute approximate surface area is 117 Å². The normalized spacial score (nSPS) is 13.2. The highest BCUT2D eigenvalue weighted by molar-refractivity contribution is 9.10. The van der Waals surface area contributed by atoms with E-state index in [1.54, 1.807) is 0 Å². The van der Waals surface area contributed by atoms with Crippen LogP contribution in [0.4, 0.5) is 5.69 Å². The van der Waals surface area contributed by atoms with E-state index in [9.17, 15) is 4.79 Å². The maximum absolute atomic E-state index is 11.8. The van der Waals surface area contributed by atoms with E-state index in [-0.39, 0.29) is 17.4 Å². The van der Waals surface area contributed by atoms with E-state index >= 15 is 0 Å². The standard InChI is InChI=1S/C14H21BrN2O/c1-14(2,3)9-10(16)8-13(18)17-12-7-5-4-6-11(12)15/h4-7,10H,8-9,16H2,1-3H3,(H,17,18). The first-order valence-electron chi connectivity index (χ1n) is 6.08. The van der Waals surface area contributed by atoms with Crippen molar-refractivity contribution >= 4 is 27.5 Å². The molecule has 3 nitrogen and oxygen atoms in total. The average Bonchev–Trinajstić information content (AvgIpc) is 2.18. The molecular weight excluding hydrogens is 292 g/mol. The van der Waals surface area contributed by atoms with Gasteiger partial charge in [-0.2, -0.15) is 0 Å². The zero-order valence-electron chi connectivity index (χ0n) is 11.2. The molecule has 1 aromatic rings. The summed E-state index contributed by atoms with van der Waals surface area (Å²) in [6, 6.07) is 7.44. The zero-order chi connectivity index (χ0) is 13.8. The molecule has 0 saturated heterocycles. The fourth-order valence-electron chi connectivity index (χ4n) is 1.86. The summed E-state index contributed by atoms with van der Waals surface area (Å²) in [6.07, 6.45) is 1.18. The quantitative estimate of drug-likeness (QED) is 0.893. The lowest BCUT2D eigenvalue weighted by Gasteiger charge is -2.22. The van der Waals surface area contributed by atoms with Gasteiger partial charge in [0.25, 0.3) is 0 Å². The van der Waals surface area contributed by atoms with E-state index in [0.717, 1.165) is 16.6 Å². The summed E-state index contributed by atoms with van der Waals surface area (Å²) in [5.41, 5.74) is 6.91. The Morgan fingerprint density at radius 1 is 1.39 bits per heavy atom. The second-order valence-electron chi connectivity index (χ2n) is 5.76. The monoisotopic (exact) mass is 312 g/mol. The van der Waals surface area contributed by atoms with Gasteiger partial charge in [0, 0.05) is 16.9 Å². The number of amides is 1. The first-order valence-corrected chi connectivity index (χ1v) is 6.87. The van der Waals surface area contributed by atoms with Crippen LogP contribution in [0.15, 0.2) is 28.7 Å². The molecule has 0 radical (unpaired) electrons. The molecule has 1 atom stereocenters. The van der Waals surface area contributed by atoms with E-state index < -0.39 is 0 Å². The predicted molar refractivity (Wildman–Crippen MR) is 79.4 cm³/mol. The minimum Gasteiger partial charge on any atom is -0.327 e. The first-order chi connectivity index (χ1) is 8.28. The van der Waals surface area contributed by atoms with E-state index in [1.807, 2.05) is 24.3 Å². The van der Waals surface area contributed by atoms with Crippen molar-refractivity contribution in [2.45, 2.75) is 39.7 Å². The molecule has 1 unspecified atom stereocenters. The van der Waals surface area contributed by atoms with Crippen LogP contribution in [0.5, 0.6) is 0 Å². The summed E-state index contributed by atoms with van der Waals surface area (Å²) in [5.74, 6) is -0.0429. The van der Waals surface area contributed by atoms with Crippen molar-refractivity contribution in [1.29, 1.82) is 0 Å².